The second-order valence-electron chi connectivity index (χ2n) is 6.99. The van der Waals surface area contributed by atoms with E-state index in [0.29, 0.717) is 11.4 Å². The number of aryl methyl sites for hydroxylation is 1. The molecule has 2 atom stereocenters. The molecule has 3 aromatic rings. The Balaban J connectivity index is 1.79. The van der Waals surface area contributed by atoms with E-state index in [1.54, 1.807) is 6.07 Å². The predicted octanol–water partition coefficient (Wildman–Crippen LogP) is 6.34. The molecule has 4 rings (SSSR count). The Morgan fingerprint density at radius 2 is 1.79 bits per heavy atom. The zero-order chi connectivity index (χ0) is 19.7. The summed E-state index contributed by atoms with van der Waals surface area (Å²) >= 11 is 9.97. The third kappa shape index (κ3) is 4.00. The molecule has 0 unspecified atom stereocenters. The lowest BCUT2D eigenvalue weighted by Gasteiger charge is -2.31. The summed E-state index contributed by atoms with van der Waals surface area (Å²) in [5, 5.41) is 14.7. The highest BCUT2D eigenvalue weighted by Gasteiger charge is 2.28. The molecule has 0 saturated carbocycles. The van der Waals surface area contributed by atoms with Gasteiger partial charge in [0, 0.05) is 38.8 Å². The van der Waals surface area contributed by atoms with Gasteiger partial charge in [-0.05, 0) is 36.8 Å². The number of aliphatic imine (C=N–C) groups is 1. The van der Waals surface area contributed by atoms with Crippen molar-refractivity contribution in [2.75, 3.05) is 0 Å². The first-order valence-electron chi connectivity index (χ1n) is 9.14. The lowest BCUT2D eigenvalue weighted by molar-refractivity contribution is 0.412. The van der Waals surface area contributed by atoms with E-state index in [2.05, 4.69) is 52.4 Å². The number of aromatic hydroxyl groups is 1. The van der Waals surface area contributed by atoms with E-state index < -0.39 is 0 Å². The van der Waals surface area contributed by atoms with Crippen LogP contribution in [0.15, 0.2) is 76.2 Å². The largest absolute Gasteiger partial charge is 0.508 e. The van der Waals surface area contributed by atoms with Crippen LogP contribution in [0.4, 0.5) is 0 Å². The Morgan fingerprint density at radius 3 is 2.54 bits per heavy atom. The predicted molar refractivity (Wildman–Crippen MR) is 118 cm³/mol. The maximum Gasteiger partial charge on any atom is 0.127 e. The average Bonchev–Trinajstić information content (AvgIpc) is 2.70. The minimum atomic E-state index is -0.290. The number of nitrogens with zero attached hydrogens (tertiary/aromatic N) is 1. The van der Waals surface area contributed by atoms with E-state index >= 15 is 0 Å². The number of hydrogen-bond donors (Lipinski definition) is 2. The average molecular weight is 456 g/mol. The van der Waals surface area contributed by atoms with E-state index in [1.807, 2.05) is 36.4 Å². The van der Waals surface area contributed by atoms with Crippen LogP contribution in [0.3, 0.4) is 0 Å². The van der Waals surface area contributed by atoms with Gasteiger partial charge in [0.2, 0.25) is 0 Å². The Kier molecular flexibility index (Phi) is 5.54. The van der Waals surface area contributed by atoms with Gasteiger partial charge >= 0.3 is 0 Å². The first-order chi connectivity index (χ1) is 13.5. The number of phenols is 1. The van der Waals surface area contributed by atoms with Crippen LogP contribution in [-0.4, -0.2) is 10.8 Å². The quantitative estimate of drug-likeness (QED) is 0.484. The molecule has 0 saturated heterocycles. The lowest BCUT2D eigenvalue weighted by Crippen LogP contribution is -2.33. The summed E-state index contributed by atoms with van der Waals surface area (Å²) < 4.78 is 0.927. The van der Waals surface area contributed by atoms with Crippen molar-refractivity contribution >= 4 is 33.2 Å². The number of nitrogens with one attached hydrogen (secondary N) is 1. The molecule has 28 heavy (non-hydrogen) atoms. The first kappa shape index (κ1) is 19.2. The summed E-state index contributed by atoms with van der Waals surface area (Å²) in [6.07, 6.45) is 0.385. The first-order valence-corrected chi connectivity index (χ1v) is 10.3. The van der Waals surface area contributed by atoms with Crippen molar-refractivity contribution in [1.82, 2.24) is 5.32 Å². The molecule has 1 aliphatic rings. The summed E-state index contributed by atoms with van der Waals surface area (Å²) in [4.78, 5) is 4.97. The summed E-state index contributed by atoms with van der Waals surface area (Å²) in [6.45, 7) is 2.07. The van der Waals surface area contributed by atoms with Crippen molar-refractivity contribution in [3.8, 4) is 5.75 Å². The third-order valence-corrected chi connectivity index (χ3v) is 5.83. The molecule has 0 aliphatic carbocycles. The summed E-state index contributed by atoms with van der Waals surface area (Å²) in [5.41, 5.74) is 5.05. The van der Waals surface area contributed by atoms with E-state index in [9.17, 15) is 5.11 Å². The monoisotopic (exact) mass is 454 g/mol. The number of benzene rings is 3. The van der Waals surface area contributed by atoms with Gasteiger partial charge in [-0.25, -0.2) is 0 Å². The zero-order valence-electron chi connectivity index (χ0n) is 15.4. The second-order valence-corrected chi connectivity index (χ2v) is 8.32. The van der Waals surface area contributed by atoms with Crippen LogP contribution >= 0.6 is 27.5 Å². The van der Waals surface area contributed by atoms with Crippen molar-refractivity contribution in [2.24, 2.45) is 4.99 Å². The zero-order valence-corrected chi connectivity index (χ0v) is 17.7. The maximum atomic E-state index is 10.5. The molecule has 0 radical (unpaired) electrons. The van der Waals surface area contributed by atoms with Gasteiger partial charge in [-0.2, -0.15) is 0 Å². The number of rotatable bonds is 3. The van der Waals surface area contributed by atoms with Crippen LogP contribution in [0.5, 0.6) is 5.75 Å². The third-order valence-electron chi connectivity index (χ3n) is 4.99. The molecule has 0 amide bonds. The van der Waals surface area contributed by atoms with E-state index in [4.69, 9.17) is 16.6 Å². The molecule has 0 fully saturated rings. The molecule has 142 valence electrons. The summed E-state index contributed by atoms with van der Waals surface area (Å²) in [5.74, 6) is 0.267. The molecule has 0 aromatic heterocycles. The van der Waals surface area contributed by atoms with Gasteiger partial charge in [0.05, 0.1) is 0 Å². The molecule has 2 N–H and O–H groups in total. The van der Waals surface area contributed by atoms with Gasteiger partial charge in [-0.15, -0.1) is 0 Å². The smallest absolute Gasteiger partial charge is 0.127 e. The fourth-order valence-electron chi connectivity index (χ4n) is 3.49. The fourth-order valence-corrected chi connectivity index (χ4v) is 4.11. The van der Waals surface area contributed by atoms with E-state index in [0.717, 1.165) is 26.9 Å². The van der Waals surface area contributed by atoms with Gasteiger partial charge < -0.3 is 5.11 Å². The molecule has 1 aliphatic heterocycles. The van der Waals surface area contributed by atoms with Crippen molar-refractivity contribution in [3.63, 3.8) is 0 Å². The number of hydrogen-bond acceptors (Lipinski definition) is 3. The SMILES string of the molecule is Cc1ccc(C2=N[C@H](c3ccccc3Cl)N[C@@H](c3cc(Br)ccc3O)C2)cc1. The van der Waals surface area contributed by atoms with Crippen LogP contribution in [0.1, 0.15) is 40.9 Å². The fraction of sp³-hybridized carbons (Fsp3) is 0.174. The van der Waals surface area contributed by atoms with Crippen LogP contribution in [0.2, 0.25) is 5.02 Å². The Labute approximate surface area is 178 Å². The van der Waals surface area contributed by atoms with E-state index in [-0.39, 0.29) is 18.0 Å². The molecule has 0 bridgehead atoms. The van der Waals surface area contributed by atoms with Gasteiger partial charge in [0.1, 0.15) is 11.9 Å². The Morgan fingerprint density at radius 1 is 1.04 bits per heavy atom. The summed E-state index contributed by atoms with van der Waals surface area (Å²) in [6, 6.07) is 21.5. The van der Waals surface area contributed by atoms with Crippen molar-refractivity contribution < 1.29 is 5.11 Å². The minimum Gasteiger partial charge on any atom is -0.508 e. The highest BCUT2D eigenvalue weighted by molar-refractivity contribution is 9.10. The second kappa shape index (κ2) is 8.08. The van der Waals surface area contributed by atoms with Gasteiger partial charge in [-0.3, -0.25) is 10.3 Å². The number of phenolic OH excluding ortho intramolecular Hbond substituents is 1. The molecular formula is C23H20BrClN2O. The van der Waals surface area contributed by atoms with Gasteiger partial charge in [0.15, 0.2) is 0 Å². The maximum absolute atomic E-state index is 10.5. The molecule has 1 heterocycles. The van der Waals surface area contributed by atoms with Gasteiger partial charge in [0.25, 0.3) is 0 Å². The molecule has 5 heteroatoms. The highest BCUT2D eigenvalue weighted by atomic mass is 79.9. The molecule has 0 spiro atoms. The summed E-state index contributed by atoms with van der Waals surface area (Å²) in [7, 11) is 0. The molecular weight excluding hydrogens is 436 g/mol. The van der Waals surface area contributed by atoms with Crippen LogP contribution in [-0.2, 0) is 0 Å². The van der Waals surface area contributed by atoms with Gasteiger partial charge in [-0.1, -0.05) is 75.6 Å². The Hall–Kier alpha value is -2.14. The highest BCUT2D eigenvalue weighted by Crippen LogP contribution is 2.37. The minimum absolute atomic E-state index is 0.0902. The van der Waals surface area contributed by atoms with E-state index in [1.165, 1.54) is 5.56 Å². The van der Waals surface area contributed by atoms with Crippen molar-refractivity contribution in [2.45, 2.75) is 25.6 Å². The van der Waals surface area contributed by atoms with Crippen LogP contribution in [0, 0.1) is 6.92 Å². The van der Waals surface area contributed by atoms with Crippen LogP contribution < -0.4 is 5.32 Å². The lowest BCUT2D eigenvalue weighted by atomic mass is 9.93. The van der Waals surface area contributed by atoms with Crippen molar-refractivity contribution in [3.05, 3.63) is 98.5 Å². The molecule has 3 nitrogen and oxygen atoms in total. The normalized spacial score (nSPS) is 19.3. The Bertz CT molecular complexity index is 1030. The number of halogens is 2. The molecule has 3 aromatic carbocycles. The topological polar surface area (TPSA) is 44.6 Å². The van der Waals surface area contributed by atoms with Crippen LogP contribution in [0.25, 0.3) is 0 Å². The van der Waals surface area contributed by atoms with Crippen molar-refractivity contribution in [1.29, 1.82) is 0 Å². The standard InChI is InChI=1S/C23H20BrClN2O/c1-14-6-8-15(9-7-14)20-13-21(18-12-16(24)10-11-22(18)28)27-23(26-20)17-4-2-3-5-19(17)25/h2-12,21,23,27-28H,13H2,1H3/t21-,23+/m1/s1.